The Morgan fingerprint density at radius 1 is 1.29 bits per heavy atom. The maximum atomic E-state index is 12.1. The van der Waals surface area contributed by atoms with Gasteiger partial charge in [-0.2, -0.15) is 0 Å². The van der Waals surface area contributed by atoms with Crippen LogP contribution in [0.1, 0.15) is 54.6 Å². The zero-order valence-electron chi connectivity index (χ0n) is 16.9. The molecule has 3 rings (SSSR count). The van der Waals surface area contributed by atoms with Crippen LogP contribution in [0, 0.1) is 19.3 Å². The van der Waals surface area contributed by atoms with Crippen molar-refractivity contribution in [2.45, 2.75) is 53.7 Å². The first kappa shape index (κ1) is 19.9. The predicted molar refractivity (Wildman–Crippen MR) is 106 cm³/mol. The Morgan fingerprint density at radius 3 is 2.61 bits per heavy atom. The number of pyridine rings is 1. The highest BCUT2D eigenvalue weighted by Crippen LogP contribution is 2.43. The SMILES string of the molecule is CCn1nnc2c(C)c(C(c3cc(CO)c(C)cn3)C(C)(C)C(=O)O)ccc21. The zero-order chi connectivity index (χ0) is 20.6. The number of aryl methyl sites for hydroxylation is 3. The Kier molecular flexibility index (Phi) is 5.21. The molecule has 1 aromatic carbocycles. The summed E-state index contributed by atoms with van der Waals surface area (Å²) in [4.78, 5) is 16.7. The van der Waals surface area contributed by atoms with Gasteiger partial charge in [0.25, 0.3) is 0 Å². The number of carbonyl (C=O) groups is 1. The minimum atomic E-state index is -1.12. The van der Waals surface area contributed by atoms with Crippen LogP contribution < -0.4 is 0 Å². The van der Waals surface area contributed by atoms with E-state index in [2.05, 4.69) is 15.3 Å². The average Bonchev–Trinajstić information content (AvgIpc) is 3.08. The van der Waals surface area contributed by atoms with E-state index in [-0.39, 0.29) is 6.61 Å². The van der Waals surface area contributed by atoms with E-state index in [0.717, 1.165) is 33.3 Å². The highest BCUT2D eigenvalue weighted by Gasteiger charge is 2.41. The first-order valence-corrected chi connectivity index (χ1v) is 9.34. The summed E-state index contributed by atoms with van der Waals surface area (Å²) < 4.78 is 1.82. The third-order valence-electron chi connectivity index (χ3n) is 5.57. The topological polar surface area (TPSA) is 101 Å². The molecule has 7 heteroatoms. The zero-order valence-corrected chi connectivity index (χ0v) is 16.9. The summed E-state index contributed by atoms with van der Waals surface area (Å²) in [5, 5.41) is 28.1. The Morgan fingerprint density at radius 2 is 2.00 bits per heavy atom. The number of aliphatic hydroxyl groups is 1. The van der Waals surface area contributed by atoms with Crippen LogP contribution in [0.5, 0.6) is 0 Å². The van der Waals surface area contributed by atoms with E-state index in [1.165, 1.54) is 0 Å². The molecule has 7 nitrogen and oxygen atoms in total. The number of aliphatic hydroxyl groups excluding tert-OH is 1. The maximum Gasteiger partial charge on any atom is 0.310 e. The fraction of sp³-hybridized carbons (Fsp3) is 0.429. The summed E-state index contributed by atoms with van der Waals surface area (Å²) in [6, 6.07) is 5.69. The second-order valence-corrected chi connectivity index (χ2v) is 7.71. The molecule has 0 spiro atoms. The van der Waals surface area contributed by atoms with Crippen LogP contribution in [-0.4, -0.2) is 36.2 Å². The smallest absolute Gasteiger partial charge is 0.310 e. The van der Waals surface area contributed by atoms with Crippen LogP contribution in [0.4, 0.5) is 0 Å². The molecule has 0 radical (unpaired) electrons. The minimum absolute atomic E-state index is 0.121. The third-order valence-corrected chi connectivity index (χ3v) is 5.57. The van der Waals surface area contributed by atoms with E-state index in [1.807, 2.05) is 37.6 Å². The van der Waals surface area contributed by atoms with Crippen LogP contribution in [0.25, 0.3) is 11.0 Å². The maximum absolute atomic E-state index is 12.1. The molecule has 0 fully saturated rings. The molecule has 28 heavy (non-hydrogen) atoms. The number of aliphatic carboxylic acids is 1. The number of carboxylic acids is 1. The molecule has 1 atom stereocenters. The van der Waals surface area contributed by atoms with E-state index in [4.69, 9.17) is 0 Å². The van der Waals surface area contributed by atoms with Crippen molar-refractivity contribution in [3.63, 3.8) is 0 Å². The molecule has 1 unspecified atom stereocenters. The van der Waals surface area contributed by atoms with Crippen LogP contribution in [0.15, 0.2) is 24.4 Å². The van der Waals surface area contributed by atoms with Gasteiger partial charge >= 0.3 is 5.97 Å². The molecule has 2 aromatic heterocycles. The standard InChI is InChI=1S/C21H26N4O3/c1-6-25-17-8-7-15(13(3)19(17)23-24-25)18(21(4,5)20(27)28)16-9-14(11-26)12(2)10-22-16/h7-10,18,26H,6,11H2,1-5H3,(H,27,28). The van der Waals surface area contributed by atoms with Gasteiger partial charge in [-0.3, -0.25) is 9.78 Å². The highest BCUT2D eigenvalue weighted by atomic mass is 16.4. The van der Waals surface area contributed by atoms with Gasteiger partial charge in [-0.15, -0.1) is 5.10 Å². The molecule has 0 bridgehead atoms. The lowest BCUT2D eigenvalue weighted by Gasteiger charge is -2.32. The molecule has 0 saturated heterocycles. The van der Waals surface area contributed by atoms with Crippen molar-refractivity contribution >= 4 is 17.0 Å². The van der Waals surface area contributed by atoms with Gasteiger partial charge in [0.15, 0.2) is 0 Å². The van der Waals surface area contributed by atoms with Crippen molar-refractivity contribution in [1.29, 1.82) is 0 Å². The number of nitrogens with zero attached hydrogens (tertiary/aromatic N) is 4. The van der Waals surface area contributed by atoms with Crippen molar-refractivity contribution in [1.82, 2.24) is 20.0 Å². The minimum Gasteiger partial charge on any atom is -0.481 e. The van der Waals surface area contributed by atoms with Gasteiger partial charge in [-0.05, 0) is 69.0 Å². The normalized spacial score (nSPS) is 13.1. The third kappa shape index (κ3) is 3.16. The molecule has 2 heterocycles. The van der Waals surface area contributed by atoms with Crippen molar-refractivity contribution in [3.05, 3.63) is 52.3 Å². The lowest BCUT2D eigenvalue weighted by Crippen LogP contribution is -2.33. The van der Waals surface area contributed by atoms with E-state index in [9.17, 15) is 15.0 Å². The van der Waals surface area contributed by atoms with Crippen LogP contribution in [0.3, 0.4) is 0 Å². The lowest BCUT2D eigenvalue weighted by atomic mass is 9.71. The number of rotatable bonds is 6. The quantitative estimate of drug-likeness (QED) is 0.679. The second-order valence-electron chi connectivity index (χ2n) is 7.71. The fourth-order valence-corrected chi connectivity index (χ4v) is 3.68. The van der Waals surface area contributed by atoms with E-state index in [0.29, 0.717) is 12.2 Å². The first-order chi connectivity index (χ1) is 13.2. The molecule has 0 aliphatic carbocycles. The van der Waals surface area contributed by atoms with Crippen LogP contribution in [0.2, 0.25) is 0 Å². The summed E-state index contributed by atoms with van der Waals surface area (Å²) in [6.07, 6.45) is 1.69. The van der Waals surface area contributed by atoms with E-state index < -0.39 is 17.3 Å². The van der Waals surface area contributed by atoms with Gasteiger partial charge in [-0.1, -0.05) is 11.3 Å². The van der Waals surface area contributed by atoms with Gasteiger partial charge in [0.05, 0.1) is 17.5 Å². The monoisotopic (exact) mass is 382 g/mol. The predicted octanol–water partition coefficient (Wildman–Crippen LogP) is 3.20. The first-order valence-electron chi connectivity index (χ1n) is 9.34. The largest absolute Gasteiger partial charge is 0.481 e. The summed E-state index contributed by atoms with van der Waals surface area (Å²) >= 11 is 0. The second kappa shape index (κ2) is 7.31. The summed E-state index contributed by atoms with van der Waals surface area (Å²) in [6.45, 7) is 9.81. The molecule has 0 aliphatic heterocycles. The average molecular weight is 382 g/mol. The van der Waals surface area contributed by atoms with Gasteiger partial charge in [0.1, 0.15) is 5.52 Å². The Bertz CT molecular complexity index is 1040. The Labute approximate surface area is 164 Å². The Hall–Kier alpha value is -2.80. The van der Waals surface area contributed by atoms with Crippen molar-refractivity contribution in [2.24, 2.45) is 5.41 Å². The number of aromatic nitrogens is 4. The van der Waals surface area contributed by atoms with Gasteiger partial charge in [0.2, 0.25) is 0 Å². The molecular weight excluding hydrogens is 356 g/mol. The lowest BCUT2D eigenvalue weighted by molar-refractivity contribution is -0.147. The number of hydrogen-bond donors (Lipinski definition) is 2. The molecule has 3 aromatic rings. The summed E-state index contributed by atoms with van der Waals surface area (Å²) in [5.74, 6) is -1.42. The number of hydrogen-bond acceptors (Lipinski definition) is 5. The molecule has 148 valence electrons. The molecular formula is C21H26N4O3. The van der Waals surface area contributed by atoms with Gasteiger partial charge in [0, 0.05) is 24.4 Å². The molecule has 0 saturated carbocycles. The van der Waals surface area contributed by atoms with Crippen LogP contribution >= 0.6 is 0 Å². The molecule has 2 N–H and O–H groups in total. The van der Waals surface area contributed by atoms with E-state index >= 15 is 0 Å². The van der Waals surface area contributed by atoms with Crippen LogP contribution in [-0.2, 0) is 17.9 Å². The summed E-state index contributed by atoms with van der Waals surface area (Å²) in [7, 11) is 0. The number of fused-ring (bicyclic) bond motifs is 1. The highest BCUT2D eigenvalue weighted by molar-refractivity contribution is 5.81. The van der Waals surface area contributed by atoms with Crippen molar-refractivity contribution < 1.29 is 15.0 Å². The Balaban J connectivity index is 2.27. The number of carboxylic acid groups (broad SMARTS) is 1. The summed E-state index contributed by atoms with van der Waals surface area (Å²) in [5.41, 5.74) is 4.54. The molecule has 0 amide bonds. The van der Waals surface area contributed by atoms with E-state index in [1.54, 1.807) is 26.1 Å². The van der Waals surface area contributed by atoms with Gasteiger partial charge < -0.3 is 10.2 Å². The van der Waals surface area contributed by atoms with Crippen molar-refractivity contribution in [3.8, 4) is 0 Å². The van der Waals surface area contributed by atoms with Gasteiger partial charge in [-0.25, -0.2) is 4.68 Å². The van der Waals surface area contributed by atoms with Crippen molar-refractivity contribution in [2.75, 3.05) is 0 Å². The molecule has 0 aliphatic rings. The fourth-order valence-electron chi connectivity index (χ4n) is 3.68. The number of benzene rings is 1.